The normalized spacial score (nSPS) is 14.0. The average Bonchev–Trinajstić information content (AvgIpc) is 3.44. The van der Waals surface area contributed by atoms with Crippen molar-refractivity contribution in [1.82, 2.24) is 10.6 Å². The first-order valence-electron chi connectivity index (χ1n) is 10.6. The molecule has 1 aliphatic carbocycles. The van der Waals surface area contributed by atoms with Crippen LogP contribution in [-0.4, -0.2) is 35.7 Å². The van der Waals surface area contributed by atoms with E-state index in [1.807, 2.05) is 66.0 Å². The number of hydrogen-bond acceptors (Lipinski definition) is 5. The Morgan fingerprint density at radius 2 is 1.61 bits per heavy atom. The van der Waals surface area contributed by atoms with E-state index in [4.69, 9.17) is 4.74 Å². The molecule has 4 rings (SSSR count). The molecule has 1 heterocycles. The van der Waals surface area contributed by atoms with Crippen molar-refractivity contribution in [2.75, 3.05) is 6.61 Å². The third kappa shape index (κ3) is 5.06. The molecule has 1 unspecified atom stereocenters. The van der Waals surface area contributed by atoms with Gasteiger partial charge in [0.15, 0.2) is 0 Å². The van der Waals surface area contributed by atoms with Gasteiger partial charge in [0.1, 0.15) is 12.6 Å². The first kappa shape index (κ1) is 22.5. The summed E-state index contributed by atoms with van der Waals surface area (Å²) in [4.78, 5) is 37.4. The number of fused-ring (bicyclic) bond motifs is 3. The monoisotopic (exact) mass is 464 g/mol. The molecule has 0 radical (unpaired) electrons. The van der Waals surface area contributed by atoms with Crippen LogP contribution in [0.5, 0.6) is 0 Å². The molecule has 1 aromatic heterocycles. The van der Waals surface area contributed by atoms with E-state index in [2.05, 4.69) is 10.6 Å². The lowest BCUT2D eigenvalue weighted by Gasteiger charge is -2.20. The van der Waals surface area contributed by atoms with Crippen molar-refractivity contribution in [3.05, 3.63) is 82.0 Å². The molecule has 0 bridgehead atoms. The lowest BCUT2D eigenvalue weighted by atomic mass is 9.98. The van der Waals surface area contributed by atoms with Crippen molar-refractivity contribution >= 4 is 29.3 Å². The minimum atomic E-state index is -1.25. The molecule has 3 aromatic rings. The van der Waals surface area contributed by atoms with Gasteiger partial charge < -0.3 is 20.5 Å². The van der Waals surface area contributed by atoms with Gasteiger partial charge in [-0.15, -0.1) is 11.3 Å². The molecule has 2 amide bonds. The molecule has 0 spiro atoms. The van der Waals surface area contributed by atoms with E-state index < -0.39 is 30.4 Å². The first-order chi connectivity index (χ1) is 15.9. The SMILES string of the molecule is C[C@@H](NC(=O)C(CC(=O)O)NC(=O)OCC1c2ccccc2-c2ccccc21)c1cccs1. The lowest BCUT2D eigenvalue weighted by Crippen LogP contribution is -2.48. The van der Waals surface area contributed by atoms with E-state index >= 15 is 0 Å². The van der Waals surface area contributed by atoms with E-state index in [0.29, 0.717) is 0 Å². The molecular weight excluding hydrogens is 440 g/mol. The molecule has 0 aliphatic heterocycles. The molecular formula is C25H24N2O5S. The third-order valence-electron chi connectivity index (χ3n) is 5.66. The number of thiophene rings is 1. The molecule has 0 fully saturated rings. The summed E-state index contributed by atoms with van der Waals surface area (Å²) < 4.78 is 5.46. The second-order valence-electron chi connectivity index (χ2n) is 7.87. The molecule has 3 N–H and O–H groups in total. The van der Waals surface area contributed by atoms with Crippen LogP contribution in [-0.2, 0) is 14.3 Å². The van der Waals surface area contributed by atoms with E-state index in [0.717, 1.165) is 27.1 Å². The van der Waals surface area contributed by atoms with Gasteiger partial charge in [-0.3, -0.25) is 9.59 Å². The minimum absolute atomic E-state index is 0.0763. The van der Waals surface area contributed by atoms with Crippen molar-refractivity contribution in [2.45, 2.75) is 31.3 Å². The van der Waals surface area contributed by atoms with Crippen molar-refractivity contribution in [1.29, 1.82) is 0 Å². The van der Waals surface area contributed by atoms with E-state index in [1.54, 1.807) is 6.92 Å². The fourth-order valence-corrected chi connectivity index (χ4v) is 4.82. The van der Waals surface area contributed by atoms with Crippen LogP contribution >= 0.6 is 11.3 Å². The Morgan fingerprint density at radius 3 is 2.18 bits per heavy atom. The van der Waals surface area contributed by atoms with Gasteiger partial charge in [-0.1, -0.05) is 54.6 Å². The topological polar surface area (TPSA) is 105 Å². The highest BCUT2D eigenvalue weighted by atomic mass is 32.1. The number of amides is 2. The number of nitrogens with one attached hydrogen (secondary N) is 2. The number of ether oxygens (including phenoxy) is 1. The third-order valence-corrected chi connectivity index (χ3v) is 6.71. The Hall–Kier alpha value is -3.65. The molecule has 33 heavy (non-hydrogen) atoms. The Morgan fingerprint density at radius 1 is 0.970 bits per heavy atom. The molecule has 8 heteroatoms. The van der Waals surface area contributed by atoms with Gasteiger partial charge in [-0.25, -0.2) is 4.79 Å². The highest BCUT2D eigenvalue weighted by molar-refractivity contribution is 7.10. The average molecular weight is 465 g/mol. The molecule has 0 saturated carbocycles. The van der Waals surface area contributed by atoms with Gasteiger partial charge in [0.25, 0.3) is 0 Å². The fraction of sp³-hybridized carbons (Fsp3) is 0.240. The van der Waals surface area contributed by atoms with Crippen molar-refractivity contribution in [3.8, 4) is 11.1 Å². The van der Waals surface area contributed by atoms with Crippen LogP contribution in [0.1, 0.15) is 41.3 Å². The Bertz CT molecular complexity index is 1120. The van der Waals surface area contributed by atoms with E-state index in [1.165, 1.54) is 11.3 Å². The quantitative estimate of drug-likeness (QED) is 0.461. The second kappa shape index (κ2) is 9.87. The predicted molar refractivity (Wildman–Crippen MR) is 125 cm³/mol. The summed E-state index contributed by atoms with van der Waals surface area (Å²) in [6, 6.07) is 18.1. The lowest BCUT2D eigenvalue weighted by molar-refractivity contribution is -0.140. The summed E-state index contributed by atoms with van der Waals surface area (Å²) in [7, 11) is 0. The number of hydrogen-bond donors (Lipinski definition) is 3. The number of rotatable bonds is 8. The van der Waals surface area contributed by atoms with Crippen LogP contribution in [0.15, 0.2) is 66.0 Å². The molecule has 170 valence electrons. The number of carbonyl (C=O) groups excluding carboxylic acids is 2. The summed E-state index contributed by atoms with van der Waals surface area (Å²) in [5.74, 6) is -1.90. The highest BCUT2D eigenvalue weighted by Gasteiger charge is 2.30. The van der Waals surface area contributed by atoms with Crippen molar-refractivity contribution < 1.29 is 24.2 Å². The number of benzene rings is 2. The van der Waals surface area contributed by atoms with Gasteiger partial charge in [-0.2, -0.15) is 0 Å². The smallest absolute Gasteiger partial charge is 0.407 e. The largest absolute Gasteiger partial charge is 0.481 e. The number of carbonyl (C=O) groups is 3. The number of aliphatic carboxylic acids is 1. The zero-order chi connectivity index (χ0) is 23.4. The van der Waals surface area contributed by atoms with Crippen LogP contribution in [0.25, 0.3) is 11.1 Å². The van der Waals surface area contributed by atoms with Crippen LogP contribution in [0, 0.1) is 0 Å². The van der Waals surface area contributed by atoms with Gasteiger partial charge in [0, 0.05) is 10.8 Å². The maximum absolute atomic E-state index is 12.7. The molecule has 7 nitrogen and oxygen atoms in total. The Labute approximate surface area is 195 Å². The second-order valence-corrected chi connectivity index (χ2v) is 8.85. The van der Waals surface area contributed by atoms with E-state index in [-0.39, 0.29) is 18.6 Å². The number of carboxylic acids is 1. The van der Waals surface area contributed by atoms with Gasteiger partial charge in [0.05, 0.1) is 12.5 Å². The van der Waals surface area contributed by atoms with Crippen molar-refractivity contribution in [2.24, 2.45) is 0 Å². The van der Waals surface area contributed by atoms with Crippen LogP contribution in [0.4, 0.5) is 4.79 Å². The number of carboxylic acid groups (broad SMARTS) is 1. The maximum Gasteiger partial charge on any atom is 0.407 e. The van der Waals surface area contributed by atoms with Gasteiger partial charge in [0.2, 0.25) is 5.91 Å². The zero-order valence-electron chi connectivity index (χ0n) is 18.0. The van der Waals surface area contributed by atoms with Crippen LogP contribution in [0.2, 0.25) is 0 Å². The summed E-state index contributed by atoms with van der Waals surface area (Å²) in [5.41, 5.74) is 4.34. The van der Waals surface area contributed by atoms with Crippen molar-refractivity contribution in [3.63, 3.8) is 0 Å². The van der Waals surface area contributed by atoms with Crippen LogP contribution < -0.4 is 10.6 Å². The standard InChI is InChI=1S/C25H24N2O5S/c1-15(22-11-6-12-33-22)26-24(30)21(13-23(28)29)27-25(31)32-14-20-18-9-4-2-7-16(18)17-8-3-5-10-19(17)20/h2-12,15,20-21H,13-14H2,1H3,(H,26,30)(H,27,31)(H,28,29)/t15-,21?/m1/s1. The summed E-state index contributed by atoms with van der Waals surface area (Å²) in [5, 5.41) is 16.3. The molecule has 2 aromatic carbocycles. The Kier molecular flexibility index (Phi) is 6.74. The molecule has 1 aliphatic rings. The van der Waals surface area contributed by atoms with Crippen LogP contribution in [0.3, 0.4) is 0 Å². The Balaban J connectivity index is 1.41. The number of alkyl carbamates (subject to hydrolysis) is 1. The summed E-state index contributed by atoms with van der Waals surface area (Å²) in [6.45, 7) is 1.88. The molecule has 0 saturated heterocycles. The van der Waals surface area contributed by atoms with Gasteiger partial charge in [-0.05, 0) is 40.6 Å². The maximum atomic E-state index is 12.7. The van der Waals surface area contributed by atoms with E-state index in [9.17, 15) is 19.5 Å². The van der Waals surface area contributed by atoms with Gasteiger partial charge >= 0.3 is 12.1 Å². The zero-order valence-corrected chi connectivity index (χ0v) is 18.8. The first-order valence-corrected chi connectivity index (χ1v) is 11.5. The highest BCUT2D eigenvalue weighted by Crippen LogP contribution is 2.44. The minimum Gasteiger partial charge on any atom is -0.481 e. The summed E-state index contributed by atoms with van der Waals surface area (Å²) in [6.07, 6.45) is -1.38. The molecule has 2 atom stereocenters. The fourth-order valence-electron chi connectivity index (χ4n) is 4.09. The summed E-state index contributed by atoms with van der Waals surface area (Å²) >= 11 is 1.48. The predicted octanol–water partition coefficient (Wildman–Crippen LogP) is 4.31.